The highest BCUT2D eigenvalue weighted by atomic mass is 32.2. The fourth-order valence-electron chi connectivity index (χ4n) is 1.87. The van der Waals surface area contributed by atoms with Gasteiger partial charge >= 0.3 is 0 Å². The molecule has 1 aromatic carbocycles. The number of carbonyl (C=O) groups is 1. The molecule has 1 aromatic rings. The van der Waals surface area contributed by atoms with Crippen LogP contribution < -0.4 is 10.6 Å². The van der Waals surface area contributed by atoms with Gasteiger partial charge in [-0.05, 0) is 18.2 Å². The Hall–Kier alpha value is -1.40. The standard InChI is InChI=1S/C11H14N2O3S/c1-17(15,16)10-4-2-3-9(6-10)13-7-8(12)5-11(13)14/h2-4,6,8H,5,7,12H2,1H3. The molecule has 0 radical (unpaired) electrons. The minimum atomic E-state index is -3.26. The van der Waals surface area contributed by atoms with Crippen LogP contribution in [0.25, 0.3) is 0 Å². The number of sulfone groups is 1. The van der Waals surface area contributed by atoms with E-state index in [1.807, 2.05) is 0 Å². The van der Waals surface area contributed by atoms with Crippen LogP contribution in [0.15, 0.2) is 29.2 Å². The summed E-state index contributed by atoms with van der Waals surface area (Å²) in [6.45, 7) is 0.437. The number of amides is 1. The summed E-state index contributed by atoms with van der Waals surface area (Å²) in [6.07, 6.45) is 1.45. The highest BCUT2D eigenvalue weighted by Gasteiger charge is 2.28. The highest BCUT2D eigenvalue weighted by molar-refractivity contribution is 7.90. The van der Waals surface area contributed by atoms with Gasteiger partial charge in [-0.15, -0.1) is 0 Å². The first kappa shape index (κ1) is 12.1. The van der Waals surface area contributed by atoms with Crippen LogP contribution in [0.3, 0.4) is 0 Å². The van der Waals surface area contributed by atoms with Gasteiger partial charge in [0.15, 0.2) is 9.84 Å². The molecule has 5 nitrogen and oxygen atoms in total. The first-order valence-electron chi connectivity index (χ1n) is 5.24. The largest absolute Gasteiger partial charge is 0.326 e. The lowest BCUT2D eigenvalue weighted by molar-refractivity contribution is -0.117. The van der Waals surface area contributed by atoms with Crippen LogP contribution >= 0.6 is 0 Å². The molecule has 17 heavy (non-hydrogen) atoms. The minimum Gasteiger partial charge on any atom is -0.326 e. The van der Waals surface area contributed by atoms with Crippen LogP contribution in [0.1, 0.15) is 6.42 Å². The third-order valence-electron chi connectivity index (χ3n) is 2.71. The maximum atomic E-state index is 11.6. The van der Waals surface area contributed by atoms with Gasteiger partial charge in [0.25, 0.3) is 0 Å². The van der Waals surface area contributed by atoms with Gasteiger partial charge in [0.1, 0.15) is 0 Å². The molecule has 6 heteroatoms. The number of nitrogens with zero attached hydrogens (tertiary/aromatic N) is 1. The topological polar surface area (TPSA) is 80.5 Å². The number of anilines is 1. The third-order valence-corrected chi connectivity index (χ3v) is 3.82. The second-order valence-electron chi connectivity index (χ2n) is 4.24. The molecule has 1 fully saturated rings. The fraction of sp³-hybridized carbons (Fsp3) is 0.364. The molecule has 1 saturated heterocycles. The van der Waals surface area contributed by atoms with E-state index < -0.39 is 9.84 Å². The Morgan fingerprint density at radius 1 is 1.41 bits per heavy atom. The van der Waals surface area contributed by atoms with E-state index in [1.54, 1.807) is 12.1 Å². The summed E-state index contributed by atoms with van der Waals surface area (Å²) in [5.41, 5.74) is 6.28. The summed E-state index contributed by atoms with van der Waals surface area (Å²) in [5.74, 6) is -0.0665. The van der Waals surface area contributed by atoms with E-state index in [0.717, 1.165) is 6.26 Å². The molecule has 0 aromatic heterocycles. The molecule has 0 bridgehead atoms. The summed E-state index contributed by atoms with van der Waals surface area (Å²) >= 11 is 0. The molecule has 0 aliphatic carbocycles. The second kappa shape index (κ2) is 4.12. The van der Waals surface area contributed by atoms with Crippen LogP contribution in [0, 0.1) is 0 Å². The minimum absolute atomic E-state index is 0.0665. The van der Waals surface area contributed by atoms with Crippen LogP contribution in [0.2, 0.25) is 0 Å². The van der Waals surface area contributed by atoms with Crippen molar-refractivity contribution in [2.45, 2.75) is 17.4 Å². The normalized spacial score (nSPS) is 20.9. The average Bonchev–Trinajstić information content (AvgIpc) is 2.57. The molecule has 1 atom stereocenters. The van der Waals surface area contributed by atoms with Gasteiger partial charge in [0.2, 0.25) is 5.91 Å². The summed E-state index contributed by atoms with van der Waals surface area (Å²) in [4.78, 5) is 13.4. The van der Waals surface area contributed by atoms with Gasteiger partial charge in [-0.25, -0.2) is 8.42 Å². The van der Waals surface area contributed by atoms with E-state index in [9.17, 15) is 13.2 Å². The van der Waals surface area contributed by atoms with Crippen LogP contribution in [-0.2, 0) is 14.6 Å². The van der Waals surface area contributed by atoms with Crippen molar-refractivity contribution in [3.63, 3.8) is 0 Å². The van der Waals surface area contributed by atoms with Crippen molar-refractivity contribution >= 4 is 21.4 Å². The van der Waals surface area contributed by atoms with Gasteiger partial charge < -0.3 is 10.6 Å². The quantitative estimate of drug-likeness (QED) is 0.815. The molecule has 2 N–H and O–H groups in total. The maximum absolute atomic E-state index is 11.6. The smallest absolute Gasteiger partial charge is 0.228 e. The fourth-order valence-corrected chi connectivity index (χ4v) is 2.53. The van der Waals surface area contributed by atoms with Crippen molar-refractivity contribution in [3.8, 4) is 0 Å². The zero-order chi connectivity index (χ0) is 12.6. The van der Waals surface area contributed by atoms with E-state index in [0.29, 0.717) is 18.7 Å². The Balaban J connectivity index is 2.38. The van der Waals surface area contributed by atoms with Crippen LogP contribution in [-0.4, -0.2) is 33.2 Å². The van der Waals surface area contributed by atoms with E-state index in [-0.39, 0.29) is 16.8 Å². The highest BCUT2D eigenvalue weighted by Crippen LogP contribution is 2.23. The Labute approximate surface area is 100 Å². The average molecular weight is 254 g/mol. The lowest BCUT2D eigenvalue weighted by Gasteiger charge is -2.16. The first-order valence-corrected chi connectivity index (χ1v) is 7.13. The van der Waals surface area contributed by atoms with Gasteiger partial charge in [0.05, 0.1) is 4.90 Å². The molecule has 1 amide bonds. The van der Waals surface area contributed by atoms with E-state index in [2.05, 4.69) is 0 Å². The van der Waals surface area contributed by atoms with E-state index in [4.69, 9.17) is 5.73 Å². The number of carbonyl (C=O) groups excluding carboxylic acids is 1. The van der Waals surface area contributed by atoms with E-state index >= 15 is 0 Å². The predicted molar refractivity (Wildman–Crippen MR) is 64.5 cm³/mol. The molecule has 1 heterocycles. The maximum Gasteiger partial charge on any atom is 0.228 e. The van der Waals surface area contributed by atoms with Crippen molar-refractivity contribution < 1.29 is 13.2 Å². The van der Waals surface area contributed by atoms with Crippen LogP contribution in [0.5, 0.6) is 0 Å². The summed E-state index contributed by atoms with van der Waals surface area (Å²) in [6, 6.07) is 6.18. The molecule has 0 spiro atoms. The number of benzene rings is 1. The summed E-state index contributed by atoms with van der Waals surface area (Å²) < 4.78 is 22.8. The SMILES string of the molecule is CS(=O)(=O)c1cccc(N2CC(N)CC2=O)c1. The molecule has 0 saturated carbocycles. The molecular formula is C11H14N2O3S. The van der Waals surface area contributed by atoms with Crippen molar-refractivity contribution in [1.82, 2.24) is 0 Å². The predicted octanol–water partition coefficient (Wildman–Crippen LogP) is 0.154. The molecular weight excluding hydrogens is 240 g/mol. The lowest BCUT2D eigenvalue weighted by atomic mass is 10.3. The third kappa shape index (κ3) is 2.48. The molecule has 1 aliphatic heterocycles. The van der Waals surface area contributed by atoms with Crippen molar-refractivity contribution in [1.29, 1.82) is 0 Å². The molecule has 2 rings (SSSR count). The molecule has 1 aliphatic rings. The number of nitrogens with two attached hydrogens (primary N) is 1. The number of rotatable bonds is 2. The Morgan fingerprint density at radius 2 is 2.12 bits per heavy atom. The molecule has 1 unspecified atom stereocenters. The number of hydrogen-bond acceptors (Lipinski definition) is 4. The Kier molecular flexibility index (Phi) is 2.92. The Bertz CT molecular complexity index is 554. The van der Waals surface area contributed by atoms with Crippen LogP contribution in [0.4, 0.5) is 5.69 Å². The second-order valence-corrected chi connectivity index (χ2v) is 6.25. The number of hydrogen-bond donors (Lipinski definition) is 1. The van der Waals surface area contributed by atoms with Crippen molar-refractivity contribution in [2.24, 2.45) is 5.73 Å². The molecule has 92 valence electrons. The van der Waals surface area contributed by atoms with Crippen molar-refractivity contribution in [3.05, 3.63) is 24.3 Å². The zero-order valence-corrected chi connectivity index (χ0v) is 10.3. The van der Waals surface area contributed by atoms with Gasteiger partial charge in [-0.2, -0.15) is 0 Å². The van der Waals surface area contributed by atoms with Crippen molar-refractivity contribution in [2.75, 3.05) is 17.7 Å². The monoisotopic (exact) mass is 254 g/mol. The van der Waals surface area contributed by atoms with E-state index in [1.165, 1.54) is 17.0 Å². The van der Waals surface area contributed by atoms with Gasteiger partial charge in [-0.3, -0.25) is 4.79 Å². The van der Waals surface area contributed by atoms with Gasteiger partial charge in [-0.1, -0.05) is 6.07 Å². The first-order chi connectivity index (χ1) is 7.88. The zero-order valence-electron chi connectivity index (χ0n) is 9.46. The lowest BCUT2D eigenvalue weighted by Crippen LogP contribution is -2.28. The summed E-state index contributed by atoms with van der Waals surface area (Å²) in [5, 5.41) is 0. The summed E-state index contributed by atoms with van der Waals surface area (Å²) in [7, 11) is -3.26. The Morgan fingerprint density at radius 3 is 2.65 bits per heavy atom. The van der Waals surface area contributed by atoms with Gasteiger partial charge in [0, 0.05) is 31.0 Å².